The smallest absolute Gasteiger partial charge is 0.313 e. The van der Waals surface area contributed by atoms with Gasteiger partial charge in [0.05, 0.1) is 11.5 Å². The molecule has 0 heterocycles. The fourth-order valence-electron chi connectivity index (χ4n) is 1.80. The number of thiocarbonyl (C=S) groups is 1. The third-order valence-electron chi connectivity index (χ3n) is 2.75. The zero-order chi connectivity index (χ0) is 15.4. The molecule has 0 bridgehead atoms. The number of benzene rings is 2. The third-order valence-corrected chi connectivity index (χ3v) is 3.58. The van der Waals surface area contributed by atoms with Crippen LogP contribution in [-0.4, -0.2) is 23.3 Å². The lowest BCUT2D eigenvalue weighted by Gasteiger charge is -2.10. The molecule has 7 heteroatoms. The van der Waals surface area contributed by atoms with Crippen LogP contribution in [0.1, 0.15) is 0 Å². The monoisotopic (exact) mass is 365 g/mol. The normalized spacial score (nSPS) is 10.1. The molecule has 0 radical (unpaired) electrons. The highest BCUT2D eigenvalue weighted by Crippen LogP contribution is 2.29. The van der Waals surface area contributed by atoms with Gasteiger partial charge >= 0.3 is 11.8 Å². The van der Waals surface area contributed by atoms with E-state index in [0.29, 0.717) is 5.69 Å². The molecule has 0 saturated heterocycles. The molecule has 0 spiro atoms. The molecule has 0 unspecified atom stereocenters. The van der Waals surface area contributed by atoms with Gasteiger partial charge in [0, 0.05) is 15.5 Å². The molecule has 4 N–H and O–H groups in total. The quantitative estimate of drug-likeness (QED) is 0.573. The summed E-state index contributed by atoms with van der Waals surface area (Å²) >= 11 is 8.08. The summed E-state index contributed by atoms with van der Waals surface area (Å²) in [7, 11) is 0. The van der Waals surface area contributed by atoms with E-state index in [1.807, 2.05) is 30.3 Å². The minimum absolute atomic E-state index is 0.0112. The number of hydrogen-bond acceptors (Lipinski definition) is 3. The molecule has 108 valence electrons. The number of anilines is 1. The molecule has 2 amide bonds. The Kier molecular flexibility index (Phi) is 4.87. The molecule has 0 aliphatic heterocycles. The van der Waals surface area contributed by atoms with Crippen molar-refractivity contribution in [3.8, 4) is 0 Å². The fraction of sp³-hybridized carbons (Fsp3) is 0.0714. The number of halogens is 1. The average Bonchev–Trinajstić information content (AvgIpc) is 2.47. The Balaban J connectivity index is 2.20. The van der Waals surface area contributed by atoms with E-state index in [0.717, 1.165) is 15.2 Å². The van der Waals surface area contributed by atoms with Crippen molar-refractivity contribution in [3.63, 3.8) is 0 Å². The summed E-state index contributed by atoms with van der Waals surface area (Å²) in [6.07, 6.45) is 0. The first-order chi connectivity index (χ1) is 9.99. The van der Waals surface area contributed by atoms with Crippen LogP contribution in [0.3, 0.4) is 0 Å². The van der Waals surface area contributed by atoms with Crippen molar-refractivity contribution >= 4 is 61.4 Å². The lowest BCUT2D eigenvalue weighted by atomic mass is 10.1. The first-order valence-corrected chi connectivity index (χ1v) is 7.24. The fourth-order valence-corrected chi connectivity index (χ4v) is 2.35. The second-order valence-electron chi connectivity index (χ2n) is 4.24. The summed E-state index contributed by atoms with van der Waals surface area (Å²) in [5.74, 6) is -1.55. The number of nitrogens with one attached hydrogen (secondary N) is 2. The summed E-state index contributed by atoms with van der Waals surface area (Å²) in [6, 6.07) is 11.1. The van der Waals surface area contributed by atoms with Gasteiger partial charge in [0.25, 0.3) is 0 Å². The van der Waals surface area contributed by atoms with Gasteiger partial charge in [0.1, 0.15) is 0 Å². The number of nitrogens with two attached hydrogens (primary N) is 1. The predicted molar refractivity (Wildman–Crippen MR) is 90.1 cm³/mol. The second-order valence-corrected chi connectivity index (χ2v) is 5.62. The summed E-state index contributed by atoms with van der Waals surface area (Å²) < 4.78 is 0.911. The van der Waals surface area contributed by atoms with Gasteiger partial charge in [-0.3, -0.25) is 9.59 Å². The predicted octanol–water partition coefficient (Wildman–Crippen LogP) is 1.94. The maximum absolute atomic E-state index is 11.8. The van der Waals surface area contributed by atoms with Gasteiger partial charge < -0.3 is 16.4 Å². The Morgan fingerprint density at radius 2 is 1.76 bits per heavy atom. The molecule has 2 aromatic carbocycles. The lowest BCUT2D eigenvalue weighted by Crippen LogP contribution is -2.39. The van der Waals surface area contributed by atoms with E-state index < -0.39 is 11.8 Å². The van der Waals surface area contributed by atoms with E-state index in [1.165, 1.54) is 0 Å². The van der Waals surface area contributed by atoms with Gasteiger partial charge in [-0.1, -0.05) is 52.4 Å². The number of amides is 2. The standard InChI is InChI=1S/C14H12BrN3O2S/c15-10-5-6-11(9-4-2-1-3-8(9)10)18-14(20)13(19)17-7-12(16)21/h1-6H,7H2,(H2,16,21)(H,17,19)(H,18,20). The van der Waals surface area contributed by atoms with Crippen molar-refractivity contribution < 1.29 is 9.59 Å². The van der Waals surface area contributed by atoms with Gasteiger partial charge in [-0.25, -0.2) is 0 Å². The Morgan fingerprint density at radius 3 is 2.43 bits per heavy atom. The highest BCUT2D eigenvalue weighted by Gasteiger charge is 2.15. The molecule has 0 fully saturated rings. The van der Waals surface area contributed by atoms with Gasteiger partial charge in [0.15, 0.2) is 0 Å². The number of fused-ring (bicyclic) bond motifs is 1. The van der Waals surface area contributed by atoms with Crippen LogP contribution in [0.2, 0.25) is 0 Å². The summed E-state index contributed by atoms with van der Waals surface area (Å²) in [6.45, 7) is -0.0112. The molecule has 21 heavy (non-hydrogen) atoms. The zero-order valence-corrected chi connectivity index (χ0v) is 13.3. The van der Waals surface area contributed by atoms with E-state index in [1.54, 1.807) is 6.07 Å². The number of carbonyl (C=O) groups is 2. The highest BCUT2D eigenvalue weighted by molar-refractivity contribution is 9.10. The molecule has 2 rings (SSSR count). The molecule has 0 aliphatic rings. The molecule has 0 aromatic heterocycles. The molecular formula is C14H12BrN3O2S. The van der Waals surface area contributed by atoms with E-state index in [9.17, 15) is 9.59 Å². The van der Waals surface area contributed by atoms with Crippen LogP contribution in [0.4, 0.5) is 5.69 Å². The summed E-state index contributed by atoms with van der Waals surface area (Å²) in [5.41, 5.74) is 5.82. The first kappa shape index (κ1) is 15.4. The van der Waals surface area contributed by atoms with Crippen LogP contribution in [-0.2, 0) is 9.59 Å². The maximum Gasteiger partial charge on any atom is 0.313 e. The van der Waals surface area contributed by atoms with Crippen molar-refractivity contribution in [2.24, 2.45) is 5.73 Å². The van der Waals surface area contributed by atoms with Crippen LogP contribution >= 0.6 is 28.1 Å². The number of rotatable bonds is 3. The van der Waals surface area contributed by atoms with Gasteiger partial charge in [-0.2, -0.15) is 0 Å². The average molecular weight is 366 g/mol. The molecule has 0 atom stereocenters. The zero-order valence-electron chi connectivity index (χ0n) is 10.9. The topological polar surface area (TPSA) is 84.2 Å². The molecular weight excluding hydrogens is 354 g/mol. The molecule has 0 saturated carbocycles. The first-order valence-electron chi connectivity index (χ1n) is 6.04. The Bertz CT molecular complexity index is 733. The Labute approximate surface area is 135 Å². The van der Waals surface area contributed by atoms with E-state index in [-0.39, 0.29) is 11.5 Å². The van der Waals surface area contributed by atoms with E-state index in [2.05, 4.69) is 38.8 Å². The molecule has 5 nitrogen and oxygen atoms in total. The van der Waals surface area contributed by atoms with Gasteiger partial charge in [0.2, 0.25) is 0 Å². The van der Waals surface area contributed by atoms with Crippen molar-refractivity contribution in [1.82, 2.24) is 5.32 Å². The van der Waals surface area contributed by atoms with Crippen molar-refractivity contribution in [2.75, 3.05) is 11.9 Å². The van der Waals surface area contributed by atoms with Gasteiger partial charge in [-0.15, -0.1) is 0 Å². The van der Waals surface area contributed by atoms with Crippen molar-refractivity contribution in [3.05, 3.63) is 40.9 Å². The Morgan fingerprint density at radius 1 is 1.10 bits per heavy atom. The van der Waals surface area contributed by atoms with E-state index in [4.69, 9.17) is 5.73 Å². The van der Waals surface area contributed by atoms with Crippen molar-refractivity contribution in [1.29, 1.82) is 0 Å². The van der Waals surface area contributed by atoms with E-state index >= 15 is 0 Å². The summed E-state index contributed by atoms with van der Waals surface area (Å²) in [5, 5.41) is 6.69. The SMILES string of the molecule is NC(=S)CNC(=O)C(=O)Nc1ccc(Br)c2ccccc12. The maximum atomic E-state index is 11.8. The minimum atomic E-state index is -0.783. The van der Waals surface area contributed by atoms with Crippen LogP contribution in [0, 0.1) is 0 Å². The molecule has 0 aliphatic carbocycles. The second kappa shape index (κ2) is 6.64. The van der Waals surface area contributed by atoms with Crippen LogP contribution in [0.15, 0.2) is 40.9 Å². The van der Waals surface area contributed by atoms with Gasteiger partial charge in [-0.05, 0) is 17.5 Å². The minimum Gasteiger partial charge on any atom is -0.392 e. The van der Waals surface area contributed by atoms with Crippen LogP contribution in [0.25, 0.3) is 10.8 Å². The summed E-state index contributed by atoms with van der Waals surface area (Å²) in [4.78, 5) is 23.6. The third kappa shape index (κ3) is 3.77. The van der Waals surface area contributed by atoms with Crippen molar-refractivity contribution in [2.45, 2.75) is 0 Å². The number of hydrogen-bond donors (Lipinski definition) is 3. The lowest BCUT2D eigenvalue weighted by molar-refractivity contribution is -0.135. The highest BCUT2D eigenvalue weighted by atomic mass is 79.9. The van der Waals surface area contributed by atoms with Crippen LogP contribution in [0.5, 0.6) is 0 Å². The largest absolute Gasteiger partial charge is 0.392 e. The number of carbonyl (C=O) groups excluding carboxylic acids is 2. The van der Waals surface area contributed by atoms with Crippen LogP contribution < -0.4 is 16.4 Å². The molecule has 2 aromatic rings. The Hall–Kier alpha value is -1.99.